The standard InChI is InChI=1S/C15H16F3N3O/c1-3-11(12-6-7-19-21(12)2)20-13(22)8-9-4-5-10(16)15(18)14(9)17/h4-7,11H,3,8H2,1-2H3,(H,20,22). The lowest BCUT2D eigenvalue weighted by Gasteiger charge is -2.17. The molecule has 118 valence electrons. The van der Waals surface area contributed by atoms with Crippen molar-refractivity contribution in [3.05, 3.63) is 53.1 Å². The first-order valence-corrected chi connectivity index (χ1v) is 6.83. The fourth-order valence-electron chi connectivity index (χ4n) is 2.23. The third-order valence-corrected chi connectivity index (χ3v) is 3.43. The van der Waals surface area contributed by atoms with Crippen LogP contribution in [0.25, 0.3) is 0 Å². The van der Waals surface area contributed by atoms with Crippen LogP contribution in [0.4, 0.5) is 13.2 Å². The van der Waals surface area contributed by atoms with E-state index in [1.54, 1.807) is 24.0 Å². The molecule has 0 bridgehead atoms. The molecule has 1 heterocycles. The number of nitrogens with zero attached hydrogens (tertiary/aromatic N) is 2. The van der Waals surface area contributed by atoms with Gasteiger partial charge in [-0.25, -0.2) is 13.2 Å². The second-order valence-electron chi connectivity index (χ2n) is 4.92. The SMILES string of the molecule is CCC(NC(=O)Cc1ccc(F)c(F)c1F)c1ccnn1C. The van der Waals surface area contributed by atoms with E-state index in [0.717, 1.165) is 17.8 Å². The number of nitrogens with one attached hydrogen (secondary N) is 1. The number of aromatic nitrogens is 2. The van der Waals surface area contributed by atoms with Crippen molar-refractivity contribution in [1.82, 2.24) is 15.1 Å². The second-order valence-corrected chi connectivity index (χ2v) is 4.92. The topological polar surface area (TPSA) is 46.9 Å². The Labute approximate surface area is 125 Å². The fraction of sp³-hybridized carbons (Fsp3) is 0.333. The van der Waals surface area contributed by atoms with Crippen LogP contribution >= 0.6 is 0 Å². The number of carbonyl (C=O) groups is 1. The molecule has 0 aliphatic carbocycles. The molecule has 1 amide bonds. The Hall–Kier alpha value is -2.31. The van der Waals surface area contributed by atoms with Crippen molar-refractivity contribution in [1.29, 1.82) is 0 Å². The molecule has 1 unspecified atom stereocenters. The second kappa shape index (κ2) is 6.64. The van der Waals surface area contributed by atoms with Crippen LogP contribution in [0.15, 0.2) is 24.4 Å². The van der Waals surface area contributed by atoms with Gasteiger partial charge in [0.25, 0.3) is 0 Å². The molecule has 0 aliphatic heterocycles. The number of hydrogen-bond donors (Lipinski definition) is 1. The lowest BCUT2D eigenvalue weighted by atomic mass is 10.1. The van der Waals surface area contributed by atoms with E-state index in [9.17, 15) is 18.0 Å². The van der Waals surface area contributed by atoms with Gasteiger partial charge in [-0.1, -0.05) is 13.0 Å². The molecule has 2 aromatic rings. The van der Waals surface area contributed by atoms with Gasteiger partial charge in [0.15, 0.2) is 17.5 Å². The normalized spacial score (nSPS) is 12.2. The molecule has 0 radical (unpaired) electrons. The minimum absolute atomic E-state index is 0.184. The summed E-state index contributed by atoms with van der Waals surface area (Å²) in [5.41, 5.74) is 0.623. The molecule has 0 spiro atoms. The van der Waals surface area contributed by atoms with Gasteiger partial charge in [-0.15, -0.1) is 0 Å². The Balaban J connectivity index is 2.10. The van der Waals surface area contributed by atoms with E-state index >= 15 is 0 Å². The molecule has 0 fully saturated rings. The Kier molecular flexibility index (Phi) is 4.85. The van der Waals surface area contributed by atoms with Gasteiger partial charge in [0, 0.05) is 18.8 Å². The van der Waals surface area contributed by atoms with Gasteiger partial charge in [-0.05, 0) is 18.6 Å². The largest absolute Gasteiger partial charge is 0.347 e. The van der Waals surface area contributed by atoms with Gasteiger partial charge in [0.05, 0.1) is 18.2 Å². The summed E-state index contributed by atoms with van der Waals surface area (Å²) in [7, 11) is 1.75. The number of carbonyl (C=O) groups excluding carboxylic acids is 1. The summed E-state index contributed by atoms with van der Waals surface area (Å²) in [6.45, 7) is 1.89. The minimum atomic E-state index is -1.57. The van der Waals surface area contributed by atoms with Crippen molar-refractivity contribution in [3.8, 4) is 0 Å². The molecule has 7 heteroatoms. The van der Waals surface area contributed by atoms with E-state index in [4.69, 9.17) is 0 Å². The van der Waals surface area contributed by atoms with E-state index in [0.29, 0.717) is 6.42 Å². The van der Waals surface area contributed by atoms with Gasteiger partial charge >= 0.3 is 0 Å². The number of hydrogen-bond acceptors (Lipinski definition) is 2. The summed E-state index contributed by atoms with van der Waals surface area (Å²) < 4.78 is 41.2. The van der Waals surface area contributed by atoms with E-state index < -0.39 is 23.4 Å². The van der Waals surface area contributed by atoms with Crippen molar-refractivity contribution in [2.24, 2.45) is 7.05 Å². The third kappa shape index (κ3) is 3.29. The van der Waals surface area contributed by atoms with Gasteiger partial charge < -0.3 is 5.32 Å². The van der Waals surface area contributed by atoms with E-state index in [2.05, 4.69) is 10.4 Å². The quantitative estimate of drug-likeness (QED) is 0.863. The summed E-state index contributed by atoms with van der Waals surface area (Å²) in [6, 6.07) is 3.36. The average Bonchev–Trinajstić information content (AvgIpc) is 2.91. The summed E-state index contributed by atoms with van der Waals surface area (Å²) in [5, 5.41) is 6.76. The molecule has 2 rings (SSSR count). The number of halogens is 3. The van der Waals surface area contributed by atoms with Crippen LogP contribution < -0.4 is 5.32 Å². The highest BCUT2D eigenvalue weighted by Gasteiger charge is 2.19. The maximum Gasteiger partial charge on any atom is 0.225 e. The minimum Gasteiger partial charge on any atom is -0.347 e. The zero-order valence-electron chi connectivity index (χ0n) is 12.2. The maximum absolute atomic E-state index is 13.6. The fourth-order valence-corrected chi connectivity index (χ4v) is 2.23. The number of aryl methyl sites for hydroxylation is 1. The Morgan fingerprint density at radius 1 is 1.27 bits per heavy atom. The first-order valence-electron chi connectivity index (χ1n) is 6.83. The van der Waals surface area contributed by atoms with E-state index in [1.807, 2.05) is 6.92 Å². The van der Waals surface area contributed by atoms with Crippen LogP contribution in [0, 0.1) is 17.5 Å². The van der Waals surface area contributed by atoms with Crippen molar-refractivity contribution < 1.29 is 18.0 Å². The van der Waals surface area contributed by atoms with E-state index in [-0.39, 0.29) is 18.0 Å². The van der Waals surface area contributed by atoms with Crippen molar-refractivity contribution in [2.45, 2.75) is 25.8 Å². The van der Waals surface area contributed by atoms with Crippen LogP contribution in [-0.2, 0) is 18.3 Å². The Morgan fingerprint density at radius 3 is 2.59 bits per heavy atom. The van der Waals surface area contributed by atoms with Crippen molar-refractivity contribution in [3.63, 3.8) is 0 Å². The molecular formula is C15H16F3N3O. The molecule has 22 heavy (non-hydrogen) atoms. The van der Waals surface area contributed by atoms with Crippen LogP contribution in [-0.4, -0.2) is 15.7 Å². The van der Waals surface area contributed by atoms with Crippen LogP contribution in [0.1, 0.15) is 30.6 Å². The number of rotatable bonds is 5. The molecule has 1 atom stereocenters. The molecule has 4 nitrogen and oxygen atoms in total. The average molecular weight is 311 g/mol. The van der Waals surface area contributed by atoms with Crippen LogP contribution in [0.5, 0.6) is 0 Å². The zero-order valence-corrected chi connectivity index (χ0v) is 12.2. The van der Waals surface area contributed by atoms with Crippen LogP contribution in [0.2, 0.25) is 0 Å². The molecule has 1 N–H and O–H groups in total. The number of amides is 1. The summed E-state index contributed by atoms with van der Waals surface area (Å²) in [5.74, 6) is -4.64. The highest BCUT2D eigenvalue weighted by molar-refractivity contribution is 5.79. The third-order valence-electron chi connectivity index (χ3n) is 3.43. The first-order chi connectivity index (χ1) is 10.4. The predicted molar refractivity (Wildman–Crippen MR) is 74.4 cm³/mol. The summed E-state index contributed by atoms with van der Waals surface area (Å²) in [6.07, 6.45) is 1.86. The summed E-state index contributed by atoms with van der Waals surface area (Å²) in [4.78, 5) is 12.0. The lowest BCUT2D eigenvalue weighted by Crippen LogP contribution is -2.31. The molecule has 0 aliphatic rings. The Bertz CT molecular complexity index is 685. The highest BCUT2D eigenvalue weighted by atomic mass is 19.2. The Morgan fingerprint density at radius 2 is 2.00 bits per heavy atom. The smallest absolute Gasteiger partial charge is 0.225 e. The molecule has 1 aromatic carbocycles. The van der Waals surface area contributed by atoms with Crippen molar-refractivity contribution in [2.75, 3.05) is 0 Å². The predicted octanol–water partition coefficient (Wildman–Crippen LogP) is 2.65. The number of benzene rings is 1. The van der Waals surface area contributed by atoms with Gasteiger partial charge in [0.2, 0.25) is 5.91 Å². The van der Waals surface area contributed by atoms with Gasteiger partial charge in [-0.3, -0.25) is 9.48 Å². The van der Waals surface area contributed by atoms with Crippen LogP contribution in [0.3, 0.4) is 0 Å². The van der Waals surface area contributed by atoms with Gasteiger partial charge in [-0.2, -0.15) is 5.10 Å². The van der Waals surface area contributed by atoms with Crippen molar-refractivity contribution >= 4 is 5.91 Å². The summed E-state index contributed by atoms with van der Waals surface area (Å²) >= 11 is 0. The first kappa shape index (κ1) is 16.1. The monoisotopic (exact) mass is 311 g/mol. The lowest BCUT2D eigenvalue weighted by molar-refractivity contribution is -0.121. The molecular weight excluding hydrogens is 295 g/mol. The zero-order chi connectivity index (χ0) is 16.3. The molecule has 1 aromatic heterocycles. The highest BCUT2D eigenvalue weighted by Crippen LogP contribution is 2.18. The molecule has 0 saturated carbocycles. The van der Waals surface area contributed by atoms with Gasteiger partial charge in [0.1, 0.15) is 0 Å². The van der Waals surface area contributed by atoms with E-state index in [1.165, 1.54) is 0 Å². The molecule has 0 saturated heterocycles. The maximum atomic E-state index is 13.6.